The molecule has 0 aliphatic heterocycles. The number of thiocarbonyl (C=S) groups is 1. The standard InChI is InChI=1S/C25H21F2NS/c26-23-14-20(15-24(27)25(23)28-16-29)6-5-18-7-9-22-13-19(8-10-21(22)12-18)11-17-3-1-2-4-17/h7,9,12-15,17H,1-4,8,10-11H2. The van der Waals surface area contributed by atoms with Gasteiger partial charge in [0.15, 0.2) is 11.6 Å². The first-order valence-corrected chi connectivity index (χ1v) is 10.4. The van der Waals surface area contributed by atoms with E-state index in [4.69, 9.17) is 0 Å². The highest BCUT2D eigenvalue weighted by Crippen LogP contribution is 2.34. The maximum Gasteiger partial charge on any atom is 0.153 e. The van der Waals surface area contributed by atoms with Crippen LogP contribution in [-0.2, 0) is 6.42 Å². The van der Waals surface area contributed by atoms with Crippen molar-refractivity contribution in [2.45, 2.75) is 44.9 Å². The van der Waals surface area contributed by atoms with E-state index in [1.165, 1.54) is 43.2 Å². The fourth-order valence-corrected chi connectivity index (χ4v) is 4.40. The van der Waals surface area contributed by atoms with Crippen molar-refractivity contribution in [3.8, 4) is 11.8 Å². The first-order chi connectivity index (χ1) is 14.1. The number of halogens is 2. The summed E-state index contributed by atoms with van der Waals surface area (Å²) < 4.78 is 27.9. The summed E-state index contributed by atoms with van der Waals surface area (Å²) in [5.41, 5.74) is 4.80. The molecule has 29 heavy (non-hydrogen) atoms. The number of isothiocyanates is 1. The van der Waals surface area contributed by atoms with E-state index in [0.717, 1.165) is 36.5 Å². The Morgan fingerprint density at radius 3 is 2.41 bits per heavy atom. The van der Waals surface area contributed by atoms with Gasteiger partial charge in [0.2, 0.25) is 0 Å². The molecule has 4 heteroatoms. The van der Waals surface area contributed by atoms with Crippen LogP contribution in [0.4, 0.5) is 14.5 Å². The summed E-state index contributed by atoms with van der Waals surface area (Å²) in [5, 5.41) is 1.98. The average Bonchev–Trinajstić information content (AvgIpc) is 3.22. The van der Waals surface area contributed by atoms with Crippen molar-refractivity contribution in [3.63, 3.8) is 0 Å². The molecule has 2 aliphatic rings. The lowest BCUT2D eigenvalue weighted by Gasteiger charge is -2.19. The predicted octanol–water partition coefficient (Wildman–Crippen LogP) is 7.01. The molecule has 0 bridgehead atoms. The number of aliphatic imine (C=N–C) groups is 1. The lowest BCUT2D eigenvalue weighted by molar-refractivity contribution is 0.534. The summed E-state index contributed by atoms with van der Waals surface area (Å²) in [4.78, 5) is 3.41. The summed E-state index contributed by atoms with van der Waals surface area (Å²) in [6, 6.07) is 8.49. The van der Waals surface area contributed by atoms with Crippen molar-refractivity contribution in [3.05, 3.63) is 69.8 Å². The van der Waals surface area contributed by atoms with Crippen LogP contribution in [0.15, 0.2) is 40.9 Å². The molecule has 0 atom stereocenters. The van der Waals surface area contributed by atoms with Gasteiger partial charge < -0.3 is 0 Å². The van der Waals surface area contributed by atoms with Gasteiger partial charge in [-0.25, -0.2) is 8.78 Å². The third-order valence-corrected chi connectivity index (χ3v) is 5.86. The Bertz CT molecular complexity index is 1050. The Morgan fingerprint density at radius 1 is 0.966 bits per heavy atom. The molecule has 0 N–H and O–H groups in total. The summed E-state index contributed by atoms with van der Waals surface area (Å²) in [6.07, 6.45) is 11.2. The predicted molar refractivity (Wildman–Crippen MR) is 116 cm³/mol. The number of aryl methyl sites for hydroxylation is 1. The molecular formula is C25H21F2NS. The second-order valence-corrected chi connectivity index (χ2v) is 7.99. The first kappa shape index (κ1) is 19.7. The molecule has 0 heterocycles. The van der Waals surface area contributed by atoms with Gasteiger partial charge in [0, 0.05) is 11.1 Å². The minimum atomic E-state index is -0.794. The molecule has 0 amide bonds. The van der Waals surface area contributed by atoms with Gasteiger partial charge in [0.1, 0.15) is 5.69 Å². The highest BCUT2D eigenvalue weighted by molar-refractivity contribution is 7.78. The van der Waals surface area contributed by atoms with Crippen LogP contribution in [0.3, 0.4) is 0 Å². The number of rotatable bonds is 3. The van der Waals surface area contributed by atoms with Crippen LogP contribution < -0.4 is 0 Å². The molecule has 2 aromatic rings. The third-order valence-electron chi connectivity index (χ3n) is 5.77. The van der Waals surface area contributed by atoms with E-state index in [1.54, 1.807) is 5.57 Å². The maximum absolute atomic E-state index is 13.9. The molecule has 2 aliphatic carbocycles. The van der Waals surface area contributed by atoms with Gasteiger partial charge in [-0.1, -0.05) is 55.2 Å². The van der Waals surface area contributed by atoms with Crippen molar-refractivity contribution in [2.75, 3.05) is 0 Å². The number of hydrogen-bond acceptors (Lipinski definition) is 2. The second-order valence-electron chi connectivity index (χ2n) is 7.81. The molecule has 1 fully saturated rings. The van der Waals surface area contributed by atoms with Crippen LogP contribution >= 0.6 is 12.2 Å². The number of fused-ring (bicyclic) bond motifs is 1. The Labute approximate surface area is 175 Å². The van der Waals surface area contributed by atoms with E-state index in [-0.39, 0.29) is 5.56 Å². The molecular weight excluding hydrogens is 384 g/mol. The normalized spacial score (nSPS) is 15.7. The number of allylic oxidation sites excluding steroid dienone is 1. The number of nitrogens with zero attached hydrogens (tertiary/aromatic N) is 1. The molecule has 1 nitrogen and oxygen atoms in total. The fraction of sp³-hybridized carbons (Fsp3) is 0.320. The van der Waals surface area contributed by atoms with E-state index in [2.05, 4.69) is 47.3 Å². The van der Waals surface area contributed by atoms with Crippen LogP contribution in [0.2, 0.25) is 0 Å². The molecule has 0 spiro atoms. The zero-order valence-electron chi connectivity index (χ0n) is 16.1. The Balaban J connectivity index is 1.52. The Hall–Kier alpha value is -2.60. The smallest absolute Gasteiger partial charge is 0.153 e. The lowest BCUT2D eigenvalue weighted by atomic mass is 9.86. The summed E-state index contributed by atoms with van der Waals surface area (Å²) >= 11 is 4.41. The summed E-state index contributed by atoms with van der Waals surface area (Å²) in [6.45, 7) is 0. The van der Waals surface area contributed by atoms with Crippen LogP contribution in [0.25, 0.3) is 6.08 Å². The molecule has 4 rings (SSSR count). The van der Waals surface area contributed by atoms with Gasteiger partial charge in [0.25, 0.3) is 0 Å². The zero-order valence-corrected chi connectivity index (χ0v) is 16.9. The van der Waals surface area contributed by atoms with Crippen LogP contribution in [0, 0.1) is 29.4 Å². The SMILES string of the molecule is Fc1cc(C#Cc2ccc3c(c2)CCC(CC2CCCC2)=C3)cc(F)c1N=C=S. The first-order valence-electron chi connectivity index (χ1n) is 10.0. The quantitative estimate of drug-likeness (QED) is 0.304. The number of hydrogen-bond donors (Lipinski definition) is 0. The highest BCUT2D eigenvalue weighted by atomic mass is 32.1. The minimum Gasteiger partial charge on any atom is -0.204 e. The lowest BCUT2D eigenvalue weighted by Crippen LogP contribution is -2.03. The van der Waals surface area contributed by atoms with E-state index >= 15 is 0 Å². The molecule has 0 saturated heterocycles. The van der Waals surface area contributed by atoms with Gasteiger partial charge in [-0.3, -0.25) is 0 Å². The Kier molecular flexibility index (Phi) is 6.00. The van der Waals surface area contributed by atoms with Crippen molar-refractivity contribution in [1.82, 2.24) is 0 Å². The van der Waals surface area contributed by atoms with E-state index < -0.39 is 17.3 Å². The second kappa shape index (κ2) is 8.82. The minimum absolute atomic E-state index is 0.264. The molecule has 2 aromatic carbocycles. The number of benzene rings is 2. The van der Waals surface area contributed by atoms with E-state index in [1.807, 2.05) is 11.2 Å². The molecule has 0 unspecified atom stereocenters. The van der Waals surface area contributed by atoms with E-state index in [9.17, 15) is 8.78 Å². The molecule has 0 radical (unpaired) electrons. The molecule has 1 saturated carbocycles. The van der Waals surface area contributed by atoms with Crippen molar-refractivity contribution in [1.29, 1.82) is 0 Å². The monoisotopic (exact) mass is 405 g/mol. The molecule has 0 aromatic heterocycles. The summed E-state index contributed by atoms with van der Waals surface area (Å²) in [7, 11) is 0. The zero-order chi connectivity index (χ0) is 20.2. The Morgan fingerprint density at radius 2 is 1.69 bits per heavy atom. The van der Waals surface area contributed by atoms with Crippen LogP contribution in [0.1, 0.15) is 60.8 Å². The average molecular weight is 406 g/mol. The summed E-state index contributed by atoms with van der Waals surface area (Å²) in [5.74, 6) is 5.14. The van der Waals surface area contributed by atoms with Crippen LogP contribution in [0.5, 0.6) is 0 Å². The largest absolute Gasteiger partial charge is 0.204 e. The van der Waals surface area contributed by atoms with Gasteiger partial charge in [-0.2, -0.15) is 4.99 Å². The van der Waals surface area contributed by atoms with Gasteiger partial charge in [-0.05, 0) is 72.8 Å². The highest BCUT2D eigenvalue weighted by Gasteiger charge is 2.18. The van der Waals surface area contributed by atoms with Crippen molar-refractivity contribution >= 4 is 29.1 Å². The van der Waals surface area contributed by atoms with Crippen molar-refractivity contribution < 1.29 is 8.78 Å². The van der Waals surface area contributed by atoms with E-state index in [0.29, 0.717) is 0 Å². The topological polar surface area (TPSA) is 12.4 Å². The van der Waals surface area contributed by atoms with Gasteiger partial charge in [-0.15, -0.1) is 0 Å². The van der Waals surface area contributed by atoms with Gasteiger partial charge in [0.05, 0.1) is 5.16 Å². The maximum atomic E-state index is 13.9. The fourth-order valence-electron chi connectivity index (χ4n) is 4.31. The van der Waals surface area contributed by atoms with Crippen molar-refractivity contribution in [2.24, 2.45) is 10.9 Å². The van der Waals surface area contributed by atoms with Gasteiger partial charge >= 0.3 is 0 Å². The molecule has 146 valence electrons. The van der Waals surface area contributed by atoms with Crippen LogP contribution in [-0.4, -0.2) is 5.16 Å². The third kappa shape index (κ3) is 4.70.